The largest absolute Gasteiger partial charge is 0.493 e. The number of ether oxygens (including phenoxy) is 3. The summed E-state index contributed by atoms with van der Waals surface area (Å²) in [6.45, 7) is 4.75. The van der Waals surface area contributed by atoms with E-state index in [1.807, 2.05) is 37.1 Å². The first-order valence-corrected chi connectivity index (χ1v) is 13.4. The van der Waals surface area contributed by atoms with Crippen LogP contribution in [0.15, 0.2) is 48.7 Å². The van der Waals surface area contributed by atoms with Crippen molar-refractivity contribution >= 4 is 16.7 Å². The zero-order chi connectivity index (χ0) is 25.6. The number of fused-ring (bicyclic) bond motifs is 3. The summed E-state index contributed by atoms with van der Waals surface area (Å²) in [6, 6.07) is 14.6. The van der Waals surface area contributed by atoms with Crippen LogP contribution in [-0.2, 0) is 6.54 Å². The molecule has 3 aliphatic rings. The number of carbonyl (C=O) groups excluding carboxylic acids is 1. The third-order valence-corrected chi connectivity index (χ3v) is 7.91. The predicted molar refractivity (Wildman–Crippen MR) is 142 cm³/mol. The monoisotopic (exact) mass is 501 g/mol. The first-order valence-electron chi connectivity index (χ1n) is 13.4. The average molecular weight is 502 g/mol. The number of rotatable bonds is 6. The molecule has 37 heavy (non-hydrogen) atoms. The van der Waals surface area contributed by atoms with Gasteiger partial charge in [0.1, 0.15) is 0 Å². The van der Waals surface area contributed by atoms with Crippen molar-refractivity contribution < 1.29 is 19.0 Å². The van der Waals surface area contributed by atoms with Crippen molar-refractivity contribution in [3.05, 3.63) is 59.9 Å². The van der Waals surface area contributed by atoms with E-state index in [0.717, 1.165) is 22.9 Å². The number of hydrogen-bond donors (Lipinski definition) is 1. The lowest BCUT2D eigenvalue weighted by Crippen LogP contribution is -2.43. The smallest absolute Gasteiger partial charge is 0.254 e. The van der Waals surface area contributed by atoms with Gasteiger partial charge < -0.3 is 24.4 Å². The molecule has 7 heteroatoms. The number of pyridine rings is 1. The fourth-order valence-electron chi connectivity index (χ4n) is 6.21. The van der Waals surface area contributed by atoms with Crippen LogP contribution in [0.3, 0.4) is 0 Å². The fourth-order valence-corrected chi connectivity index (χ4v) is 6.21. The highest BCUT2D eigenvalue weighted by atomic mass is 16.7. The molecule has 2 aromatic carbocycles. The van der Waals surface area contributed by atoms with Gasteiger partial charge in [-0.25, -0.2) is 0 Å². The molecule has 7 nitrogen and oxygen atoms in total. The molecule has 194 valence electrons. The number of amides is 1. The van der Waals surface area contributed by atoms with Crippen LogP contribution in [0.1, 0.15) is 62.0 Å². The van der Waals surface area contributed by atoms with Gasteiger partial charge in [0, 0.05) is 49.6 Å². The normalized spacial score (nSPS) is 23.6. The van der Waals surface area contributed by atoms with Crippen molar-refractivity contribution in [3.8, 4) is 17.2 Å². The van der Waals surface area contributed by atoms with Crippen molar-refractivity contribution in [2.45, 2.75) is 70.4 Å². The Balaban J connectivity index is 1.30. The second-order valence-corrected chi connectivity index (χ2v) is 11.1. The Morgan fingerprint density at radius 3 is 2.76 bits per heavy atom. The topological polar surface area (TPSA) is 72.9 Å². The predicted octanol–water partition coefficient (Wildman–Crippen LogP) is 5.31. The molecule has 3 atom stereocenters. The van der Waals surface area contributed by atoms with Gasteiger partial charge in [-0.2, -0.15) is 0 Å². The highest BCUT2D eigenvalue weighted by Gasteiger charge is 2.38. The molecule has 3 aromatic rings. The van der Waals surface area contributed by atoms with Crippen molar-refractivity contribution in [1.82, 2.24) is 15.2 Å². The Hall–Kier alpha value is -3.32. The van der Waals surface area contributed by atoms with E-state index in [4.69, 9.17) is 19.2 Å². The SMILES string of the molecule is COc1cc(C(=O)N(Cc2cc3ccccc3cn2)C[C@@H]2C[C@@H]3CCCC[C@@H]3N2)cc2c1OC(C)(C)O2. The van der Waals surface area contributed by atoms with Crippen molar-refractivity contribution in [2.75, 3.05) is 13.7 Å². The highest BCUT2D eigenvalue weighted by molar-refractivity contribution is 5.96. The van der Waals surface area contributed by atoms with Gasteiger partial charge >= 0.3 is 0 Å². The van der Waals surface area contributed by atoms with Gasteiger partial charge in [-0.05, 0) is 48.8 Å². The van der Waals surface area contributed by atoms with E-state index < -0.39 is 5.79 Å². The van der Waals surface area contributed by atoms with Crippen LogP contribution in [-0.4, -0.2) is 47.3 Å². The summed E-state index contributed by atoms with van der Waals surface area (Å²) in [5, 5.41) is 6.05. The van der Waals surface area contributed by atoms with Gasteiger partial charge in [0.15, 0.2) is 11.5 Å². The van der Waals surface area contributed by atoms with Crippen LogP contribution in [0.2, 0.25) is 0 Å². The Morgan fingerprint density at radius 2 is 1.95 bits per heavy atom. The molecule has 0 radical (unpaired) electrons. The number of nitrogens with zero attached hydrogens (tertiary/aromatic N) is 2. The summed E-state index contributed by atoms with van der Waals surface area (Å²) in [7, 11) is 1.58. The van der Waals surface area contributed by atoms with Crippen molar-refractivity contribution in [1.29, 1.82) is 0 Å². The van der Waals surface area contributed by atoms with Gasteiger partial charge in [-0.3, -0.25) is 9.78 Å². The molecular formula is C30H35N3O4. The van der Waals surface area contributed by atoms with Gasteiger partial charge in [-0.1, -0.05) is 37.1 Å². The quantitative estimate of drug-likeness (QED) is 0.493. The van der Waals surface area contributed by atoms with E-state index in [0.29, 0.717) is 47.9 Å². The second-order valence-electron chi connectivity index (χ2n) is 11.1. The molecule has 0 spiro atoms. The molecule has 1 saturated carbocycles. The number of benzene rings is 2. The Kier molecular flexibility index (Phi) is 6.19. The Labute approximate surface area is 218 Å². The molecule has 1 N–H and O–H groups in total. The maximum atomic E-state index is 14.1. The lowest BCUT2D eigenvalue weighted by atomic mass is 9.85. The fraction of sp³-hybridized carbons (Fsp3) is 0.467. The van der Waals surface area contributed by atoms with E-state index in [1.165, 1.54) is 25.7 Å². The van der Waals surface area contributed by atoms with E-state index in [-0.39, 0.29) is 11.9 Å². The van der Waals surface area contributed by atoms with E-state index in [1.54, 1.807) is 19.2 Å². The van der Waals surface area contributed by atoms with Crippen molar-refractivity contribution in [2.24, 2.45) is 5.92 Å². The molecule has 2 aliphatic heterocycles. The molecule has 1 amide bonds. The minimum atomic E-state index is -0.809. The Bertz CT molecular complexity index is 1310. The first kappa shape index (κ1) is 24.0. The summed E-state index contributed by atoms with van der Waals surface area (Å²) < 4.78 is 17.5. The number of methoxy groups -OCH3 is 1. The van der Waals surface area contributed by atoms with Gasteiger partial charge in [-0.15, -0.1) is 0 Å². The maximum Gasteiger partial charge on any atom is 0.254 e. The third kappa shape index (κ3) is 4.85. The summed E-state index contributed by atoms with van der Waals surface area (Å²) in [6.07, 6.45) is 8.12. The highest BCUT2D eigenvalue weighted by Crippen LogP contribution is 2.47. The number of aromatic nitrogens is 1. The maximum absolute atomic E-state index is 14.1. The molecule has 1 aromatic heterocycles. The minimum absolute atomic E-state index is 0.0685. The zero-order valence-corrected chi connectivity index (χ0v) is 21.8. The third-order valence-electron chi connectivity index (χ3n) is 7.91. The first-order chi connectivity index (χ1) is 17.9. The van der Waals surface area contributed by atoms with Crippen LogP contribution in [0, 0.1) is 5.92 Å². The minimum Gasteiger partial charge on any atom is -0.493 e. The summed E-state index contributed by atoms with van der Waals surface area (Å²) in [4.78, 5) is 20.7. The van der Waals surface area contributed by atoms with E-state index in [2.05, 4.69) is 23.5 Å². The van der Waals surface area contributed by atoms with Crippen molar-refractivity contribution in [3.63, 3.8) is 0 Å². The van der Waals surface area contributed by atoms with Gasteiger partial charge in [0.25, 0.3) is 5.91 Å². The number of hydrogen-bond acceptors (Lipinski definition) is 6. The standard InChI is InChI=1S/C30H35N3O4/c1-30(2)36-27-15-22(14-26(35-3)28(27)37-30)29(34)33(18-24-13-20-9-6-7-11-25(20)32-24)17-23-12-19-8-4-5-10-21(19)16-31-23/h4-5,8,10,12,14-16,20,24-25,32H,6-7,9,11,13,17-18H2,1-3H3/t20-,24-,25-/m0/s1. The number of carbonyl (C=O) groups is 1. The van der Waals surface area contributed by atoms with Crippen LogP contribution in [0.4, 0.5) is 0 Å². The summed E-state index contributed by atoms with van der Waals surface area (Å²) >= 11 is 0. The molecule has 2 fully saturated rings. The summed E-state index contributed by atoms with van der Waals surface area (Å²) in [5.74, 6) is 1.40. The average Bonchev–Trinajstić information content (AvgIpc) is 3.45. The lowest BCUT2D eigenvalue weighted by molar-refractivity contribution is -0.0439. The van der Waals surface area contributed by atoms with E-state index >= 15 is 0 Å². The molecule has 6 rings (SSSR count). The molecular weight excluding hydrogens is 466 g/mol. The van der Waals surface area contributed by atoms with Crippen LogP contribution in [0.5, 0.6) is 17.2 Å². The zero-order valence-electron chi connectivity index (χ0n) is 21.8. The molecule has 1 aliphatic carbocycles. The van der Waals surface area contributed by atoms with Gasteiger partial charge in [0.2, 0.25) is 11.5 Å². The molecule has 0 bridgehead atoms. The van der Waals surface area contributed by atoms with Crippen LogP contribution in [0.25, 0.3) is 10.8 Å². The lowest BCUT2D eigenvalue weighted by Gasteiger charge is -2.27. The molecule has 3 heterocycles. The van der Waals surface area contributed by atoms with E-state index in [9.17, 15) is 4.79 Å². The summed E-state index contributed by atoms with van der Waals surface area (Å²) in [5.41, 5.74) is 1.39. The molecule has 0 unspecified atom stereocenters. The van der Waals surface area contributed by atoms with Crippen LogP contribution >= 0.6 is 0 Å². The second kappa shape index (κ2) is 9.53. The van der Waals surface area contributed by atoms with Gasteiger partial charge in [0.05, 0.1) is 19.3 Å². The molecule has 1 saturated heterocycles. The Morgan fingerprint density at radius 1 is 1.14 bits per heavy atom. The number of nitrogens with one attached hydrogen (secondary N) is 1. The van der Waals surface area contributed by atoms with Crippen LogP contribution < -0.4 is 19.5 Å².